The van der Waals surface area contributed by atoms with Gasteiger partial charge >= 0.3 is 5.97 Å². The van der Waals surface area contributed by atoms with Crippen LogP contribution in [0.15, 0.2) is 29.4 Å². The first-order valence-corrected chi connectivity index (χ1v) is 14.6. The summed E-state index contributed by atoms with van der Waals surface area (Å²) in [5.74, 6) is 0.262. The van der Waals surface area contributed by atoms with Crippen LogP contribution in [0.3, 0.4) is 0 Å². The number of hydrogen-bond acceptors (Lipinski definition) is 9. The van der Waals surface area contributed by atoms with Crippen LogP contribution in [0, 0.1) is 0 Å². The molecule has 4 rings (SSSR count). The lowest BCUT2D eigenvalue weighted by Crippen LogP contribution is -2.25. The van der Waals surface area contributed by atoms with Gasteiger partial charge in [-0.3, -0.25) is 9.59 Å². The molecule has 2 aromatic heterocycles. The minimum Gasteiger partial charge on any atom is -0.497 e. The Morgan fingerprint density at radius 1 is 1.18 bits per heavy atom. The summed E-state index contributed by atoms with van der Waals surface area (Å²) < 4.78 is 12.2. The normalized spacial score (nSPS) is 13.6. The van der Waals surface area contributed by atoms with Crippen molar-refractivity contribution in [1.82, 2.24) is 20.1 Å². The number of nitrogens with one attached hydrogen (secondary N) is 2. The lowest BCUT2D eigenvalue weighted by Gasteiger charge is -2.12. The molecule has 39 heavy (non-hydrogen) atoms. The number of thioether (sulfide) groups is 1. The van der Waals surface area contributed by atoms with Gasteiger partial charge in [-0.15, -0.1) is 21.5 Å². The molecule has 12 heteroatoms. The van der Waals surface area contributed by atoms with Crippen LogP contribution in [0.25, 0.3) is 0 Å². The molecular weight excluding hydrogens is 538 g/mol. The van der Waals surface area contributed by atoms with E-state index in [1.807, 2.05) is 0 Å². The third-order valence-corrected chi connectivity index (χ3v) is 8.79. The summed E-state index contributed by atoms with van der Waals surface area (Å²) in [6.45, 7) is 4.00. The molecule has 2 heterocycles. The van der Waals surface area contributed by atoms with Gasteiger partial charge in [0.15, 0.2) is 11.0 Å². The second-order valence-electron chi connectivity index (χ2n) is 9.11. The molecule has 0 saturated heterocycles. The first kappa shape index (κ1) is 28.6. The molecule has 1 aromatic carbocycles. The molecule has 208 valence electrons. The second-order valence-corrected chi connectivity index (χ2v) is 11.5. The summed E-state index contributed by atoms with van der Waals surface area (Å²) in [7, 11) is 3.33. The van der Waals surface area contributed by atoms with Crippen LogP contribution in [0.5, 0.6) is 5.75 Å². The van der Waals surface area contributed by atoms with Gasteiger partial charge in [0.2, 0.25) is 5.91 Å². The first-order valence-electron chi connectivity index (χ1n) is 12.9. The third kappa shape index (κ3) is 6.80. The fraction of sp³-hybridized carbons (Fsp3) is 0.444. The number of hydrogen-bond donors (Lipinski definition) is 2. The largest absolute Gasteiger partial charge is 0.497 e. The summed E-state index contributed by atoms with van der Waals surface area (Å²) in [4.78, 5) is 39.7. The monoisotopic (exact) mass is 571 g/mol. The molecule has 2 amide bonds. The van der Waals surface area contributed by atoms with Gasteiger partial charge in [0, 0.05) is 17.5 Å². The summed E-state index contributed by atoms with van der Waals surface area (Å²) in [6, 6.07) is 6.88. The van der Waals surface area contributed by atoms with E-state index in [1.54, 1.807) is 56.8 Å². The van der Waals surface area contributed by atoms with E-state index >= 15 is 0 Å². The first-order chi connectivity index (χ1) is 18.8. The Labute approximate surface area is 235 Å². The number of thiophene rings is 1. The van der Waals surface area contributed by atoms with E-state index in [-0.39, 0.29) is 30.9 Å². The molecule has 0 spiro atoms. The Morgan fingerprint density at radius 2 is 1.97 bits per heavy atom. The molecule has 0 unspecified atom stereocenters. The molecule has 2 N–H and O–H groups in total. The Balaban J connectivity index is 1.40. The fourth-order valence-electron chi connectivity index (χ4n) is 4.30. The van der Waals surface area contributed by atoms with Crippen molar-refractivity contribution in [2.24, 2.45) is 7.05 Å². The molecule has 0 aliphatic heterocycles. The zero-order chi connectivity index (χ0) is 27.9. The van der Waals surface area contributed by atoms with Crippen molar-refractivity contribution in [1.29, 1.82) is 0 Å². The van der Waals surface area contributed by atoms with Crippen molar-refractivity contribution >= 4 is 45.9 Å². The van der Waals surface area contributed by atoms with Gasteiger partial charge in [0.25, 0.3) is 5.91 Å². The highest BCUT2D eigenvalue weighted by Gasteiger charge is 2.28. The summed E-state index contributed by atoms with van der Waals surface area (Å²) in [6.07, 6.45) is 4.94. The number of ether oxygens (including phenoxy) is 2. The number of fused-ring (bicyclic) bond motifs is 1. The average Bonchev–Trinajstić information content (AvgIpc) is 3.36. The maximum atomic E-state index is 13.2. The van der Waals surface area contributed by atoms with E-state index in [1.165, 1.54) is 23.1 Å². The topological polar surface area (TPSA) is 124 Å². The number of amides is 2. The molecular formula is C27H33N5O5S2. The van der Waals surface area contributed by atoms with E-state index in [4.69, 9.17) is 9.47 Å². The zero-order valence-electron chi connectivity index (χ0n) is 22.5. The molecule has 0 bridgehead atoms. The third-order valence-electron chi connectivity index (χ3n) is 6.45. The predicted molar refractivity (Wildman–Crippen MR) is 151 cm³/mol. The minimum absolute atomic E-state index is 0.171. The highest BCUT2D eigenvalue weighted by Crippen LogP contribution is 2.38. The van der Waals surface area contributed by atoms with Crippen LogP contribution < -0.4 is 15.4 Å². The molecule has 3 aromatic rings. The van der Waals surface area contributed by atoms with Gasteiger partial charge in [-0.1, -0.05) is 24.2 Å². The number of aryl methyl sites for hydroxylation is 1. The number of methoxy groups -OCH3 is 1. The number of aromatic nitrogens is 3. The van der Waals surface area contributed by atoms with Gasteiger partial charge in [-0.2, -0.15) is 0 Å². The quantitative estimate of drug-likeness (QED) is 0.209. The Morgan fingerprint density at radius 3 is 2.74 bits per heavy atom. The SMILES string of the molecule is CCOC(=O)c1c(NC(=O)[C@H](C)Sc2nnc(CNC(=O)c3cccc(OC)c3)n2C)sc2c1CCCCC2. The van der Waals surface area contributed by atoms with Crippen LogP contribution in [0.4, 0.5) is 5.00 Å². The van der Waals surface area contributed by atoms with Gasteiger partial charge in [0.05, 0.1) is 31.1 Å². The standard InChI is InChI=1S/C27H33N5O5S2/c1-5-37-26(35)22-19-12-7-6-8-13-20(19)39-25(22)29-23(33)16(2)38-27-31-30-21(32(27)3)15-28-24(34)17-10-9-11-18(14-17)36-4/h9-11,14,16H,5-8,12-13,15H2,1-4H3,(H,28,34)(H,29,33)/t16-/m0/s1. The lowest BCUT2D eigenvalue weighted by atomic mass is 10.1. The Hall–Kier alpha value is -3.38. The van der Waals surface area contributed by atoms with Crippen molar-refractivity contribution in [3.63, 3.8) is 0 Å². The number of carbonyl (C=O) groups excluding carboxylic acids is 3. The van der Waals surface area contributed by atoms with Crippen molar-refractivity contribution in [3.05, 3.63) is 51.7 Å². The fourth-order valence-corrected chi connectivity index (χ4v) is 6.42. The van der Waals surface area contributed by atoms with Gasteiger partial charge in [-0.05, 0) is 63.3 Å². The van der Waals surface area contributed by atoms with Gasteiger partial charge in [0.1, 0.15) is 10.8 Å². The number of nitrogens with zero attached hydrogens (tertiary/aromatic N) is 3. The number of anilines is 1. The van der Waals surface area contributed by atoms with Gasteiger partial charge < -0.3 is 24.7 Å². The molecule has 0 saturated carbocycles. The van der Waals surface area contributed by atoms with Crippen LogP contribution in [0.1, 0.15) is 70.1 Å². The van der Waals surface area contributed by atoms with E-state index in [0.29, 0.717) is 32.9 Å². The molecule has 1 aliphatic carbocycles. The summed E-state index contributed by atoms with van der Waals surface area (Å²) in [5, 5.41) is 14.8. The highest BCUT2D eigenvalue weighted by molar-refractivity contribution is 8.00. The van der Waals surface area contributed by atoms with Crippen LogP contribution in [-0.2, 0) is 36.0 Å². The summed E-state index contributed by atoms with van der Waals surface area (Å²) in [5.41, 5.74) is 1.99. The minimum atomic E-state index is -0.510. The number of carbonyl (C=O) groups is 3. The Kier molecular flexibility index (Phi) is 9.63. The van der Waals surface area contributed by atoms with Crippen LogP contribution >= 0.6 is 23.1 Å². The van der Waals surface area contributed by atoms with Crippen LogP contribution in [0.2, 0.25) is 0 Å². The van der Waals surface area contributed by atoms with Gasteiger partial charge in [-0.25, -0.2) is 4.79 Å². The van der Waals surface area contributed by atoms with Crippen molar-refractivity contribution in [3.8, 4) is 5.75 Å². The highest BCUT2D eigenvalue weighted by atomic mass is 32.2. The predicted octanol–water partition coefficient (Wildman–Crippen LogP) is 4.38. The molecule has 10 nitrogen and oxygen atoms in total. The number of benzene rings is 1. The molecule has 1 atom stereocenters. The van der Waals surface area contributed by atoms with E-state index < -0.39 is 5.25 Å². The van der Waals surface area contributed by atoms with Crippen molar-refractivity contribution in [2.75, 3.05) is 19.0 Å². The van der Waals surface area contributed by atoms with Crippen molar-refractivity contribution < 1.29 is 23.9 Å². The maximum absolute atomic E-state index is 13.2. The number of esters is 1. The van der Waals surface area contributed by atoms with E-state index in [2.05, 4.69) is 20.8 Å². The van der Waals surface area contributed by atoms with Crippen molar-refractivity contribution in [2.45, 2.75) is 62.9 Å². The van der Waals surface area contributed by atoms with E-state index in [9.17, 15) is 14.4 Å². The average molecular weight is 572 g/mol. The summed E-state index contributed by atoms with van der Waals surface area (Å²) >= 11 is 2.73. The van der Waals surface area contributed by atoms with E-state index in [0.717, 1.165) is 42.5 Å². The number of rotatable bonds is 10. The lowest BCUT2D eigenvalue weighted by molar-refractivity contribution is -0.115. The molecule has 0 fully saturated rings. The second kappa shape index (κ2) is 13.1. The Bertz CT molecular complexity index is 1350. The van der Waals surface area contributed by atoms with Crippen LogP contribution in [-0.4, -0.2) is 51.5 Å². The smallest absolute Gasteiger partial charge is 0.341 e. The maximum Gasteiger partial charge on any atom is 0.341 e. The zero-order valence-corrected chi connectivity index (χ0v) is 24.2. The molecule has 0 radical (unpaired) electrons. The molecule has 1 aliphatic rings.